The number of pyridine rings is 1. The summed E-state index contributed by atoms with van der Waals surface area (Å²) in [6, 6.07) is 15.3. The second-order valence-electron chi connectivity index (χ2n) is 5.17. The topological polar surface area (TPSA) is 76.1 Å². The summed E-state index contributed by atoms with van der Waals surface area (Å²) in [5.74, 6) is -0.317. The molecule has 3 rings (SSSR count). The van der Waals surface area contributed by atoms with Crippen LogP contribution in [0.5, 0.6) is 0 Å². The molecule has 1 N–H and O–H groups in total. The first-order valence-corrected chi connectivity index (χ1v) is 8.79. The summed E-state index contributed by atoms with van der Waals surface area (Å²) in [5, 5.41) is 3.69. The monoisotopic (exact) mass is 326 g/mol. The van der Waals surface area contributed by atoms with E-state index in [1.807, 2.05) is 30.3 Å². The van der Waals surface area contributed by atoms with Gasteiger partial charge in [0.05, 0.1) is 22.3 Å². The lowest BCUT2D eigenvalue weighted by Crippen LogP contribution is -2.12. The van der Waals surface area contributed by atoms with E-state index in [1.165, 1.54) is 24.3 Å². The van der Waals surface area contributed by atoms with Crippen molar-refractivity contribution >= 4 is 32.3 Å². The number of amides is 1. The molecule has 0 fully saturated rings. The zero-order valence-corrected chi connectivity index (χ0v) is 13.2. The second kappa shape index (κ2) is 5.81. The second-order valence-corrected chi connectivity index (χ2v) is 7.18. The third kappa shape index (κ3) is 3.37. The van der Waals surface area contributed by atoms with Crippen LogP contribution in [0.3, 0.4) is 0 Å². The van der Waals surface area contributed by atoms with Gasteiger partial charge in [0.2, 0.25) is 0 Å². The lowest BCUT2D eigenvalue weighted by atomic mass is 10.2. The van der Waals surface area contributed by atoms with Crippen LogP contribution in [0.1, 0.15) is 10.4 Å². The minimum atomic E-state index is -3.27. The number of sulfone groups is 1. The Hall–Kier alpha value is -2.73. The van der Waals surface area contributed by atoms with Crippen molar-refractivity contribution in [1.82, 2.24) is 4.98 Å². The van der Waals surface area contributed by atoms with Gasteiger partial charge in [0, 0.05) is 17.2 Å². The number of hydrogen-bond donors (Lipinski definition) is 1. The van der Waals surface area contributed by atoms with Crippen LogP contribution in [-0.2, 0) is 9.84 Å². The molecule has 0 spiro atoms. The summed E-state index contributed by atoms with van der Waals surface area (Å²) >= 11 is 0. The van der Waals surface area contributed by atoms with Gasteiger partial charge in [-0.2, -0.15) is 0 Å². The lowest BCUT2D eigenvalue weighted by Gasteiger charge is -2.07. The number of rotatable bonds is 3. The molecule has 0 saturated carbocycles. The largest absolute Gasteiger partial charge is 0.321 e. The number of hydrogen-bond acceptors (Lipinski definition) is 4. The van der Waals surface area contributed by atoms with E-state index in [9.17, 15) is 13.2 Å². The third-order valence-corrected chi connectivity index (χ3v) is 4.52. The molecular formula is C17H14N2O3S. The van der Waals surface area contributed by atoms with Crippen molar-refractivity contribution in [1.29, 1.82) is 0 Å². The van der Waals surface area contributed by atoms with Crippen LogP contribution in [-0.4, -0.2) is 25.6 Å². The smallest absolute Gasteiger partial charge is 0.255 e. The maximum Gasteiger partial charge on any atom is 0.255 e. The molecule has 0 unspecified atom stereocenters. The van der Waals surface area contributed by atoms with E-state index in [0.717, 1.165) is 17.2 Å². The van der Waals surface area contributed by atoms with Crippen LogP contribution < -0.4 is 5.32 Å². The summed E-state index contributed by atoms with van der Waals surface area (Å²) in [7, 11) is -3.27. The molecule has 0 saturated heterocycles. The fourth-order valence-corrected chi connectivity index (χ4v) is 2.83. The van der Waals surface area contributed by atoms with Gasteiger partial charge in [-0.1, -0.05) is 18.2 Å². The highest BCUT2D eigenvalue weighted by molar-refractivity contribution is 7.90. The van der Waals surface area contributed by atoms with Crippen molar-refractivity contribution in [2.45, 2.75) is 4.90 Å². The summed E-state index contributed by atoms with van der Waals surface area (Å²) in [5.41, 5.74) is 1.81. The van der Waals surface area contributed by atoms with E-state index in [2.05, 4.69) is 10.3 Å². The van der Waals surface area contributed by atoms with Gasteiger partial charge < -0.3 is 5.32 Å². The maximum absolute atomic E-state index is 12.2. The van der Waals surface area contributed by atoms with E-state index >= 15 is 0 Å². The molecule has 1 heterocycles. The average molecular weight is 326 g/mol. The summed E-state index contributed by atoms with van der Waals surface area (Å²) in [4.78, 5) is 16.7. The minimum Gasteiger partial charge on any atom is -0.321 e. The molecule has 0 radical (unpaired) electrons. The third-order valence-electron chi connectivity index (χ3n) is 3.39. The molecule has 3 aromatic rings. The number of carbonyl (C=O) groups excluding carboxylic acids is 1. The number of carbonyl (C=O) groups is 1. The lowest BCUT2D eigenvalue weighted by molar-refractivity contribution is 0.102. The Balaban J connectivity index is 1.82. The standard InChI is InChI=1S/C17H14N2O3S/c1-23(21,22)15-8-6-12(7-9-15)17(20)19-14-10-13-4-2-3-5-16(13)18-11-14/h2-11H,1H3,(H,19,20). The van der Waals surface area contributed by atoms with Crippen molar-refractivity contribution in [3.8, 4) is 0 Å². The fourth-order valence-electron chi connectivity index (χ4n) is 2.20. The number of benzene rings is 2. The van der Waals surface area contributed by atoms with Gasteiger partial charge >= 0.3 is 0 Å². The Bertz CT molecular complexity index is 980. The Kier molecular flexibility index (Phi) is 3.83. The van der Waals surface area contributed by atoms with Gasteiger partial charge in [-0.05, 0) is 36.4 Å². The van der Waals surface area contributed by atoms with E-state index in [-0.39, 0.29) is 10.8 Å². The molecule has 1 amide bonds. The average Bonchev–Trinajstić information content (AvgIpc) is 2.54. The van der Waals surface area contributed by atoms with Crippen LogP contribution in [0.25, 0.3) is 10.9 Å². The fraction of sp³-hybridized carbons (Fsp3) is 0.0588. The zero-order chi connectivity index (χ0) is 16.4. The zero-order valence-electron chi connectivity index (χ0n) is 12.4. The molecule has 0 aliphatic rings. The number of aromatic nitrogens is 1. The molecule has 2 aromatic carbocycles. The number of para-hydroxylation sites is 1. The van der Waals surface area contributed by atoms with Gasteiger partial charge in [0.25, 0.3) is 5.91 Å². The predicted molar refractivity (Wildman–Crippen MR) is 89.2 cm³/mol. The molecule has 5 nitrogen and oxygen atoms in total. The van der Waals surface area contributed by atoms with Gasteiger partial charge in [-0.3, -0.25) is 9.78 Å². The van der Waals surface area contributed by atoms with Crippen LogP contribution in [0, 0.1) is 0 Å². The molecule has 0 atom stereocenters. The quantitative estimate of drug-likeness (QED) is 0.803. The van der Waals surface area contributed by atoms with E-state index < -0.39 is 9.84 Å². The van der Waals surface area contributed by atoms with Gasteiger partial charge in [0.15, 0.2) is 9.84 Å². The highest BCUT2D eigenvalue weighted by Gasteiger charge is 2.10. The predicted octanol–water partition coefficient (Wildman–Crippen LogP) is 2.89. The Morgan fingerprint density at radius 3 is 2.43 bits per heavy atom. The van der Waals surface area contributed by atoms with E-state index in [0.29, 0.717) is 11.3 Å². The van der Waals surface area contributed by atoms with Crippen molar-refractivity contribution in [3.63, 3.8) is 0 Å². The summed E-state index contributed by atoms with van der Waals surface area (Å²) in [6.45, 7) is 0. The highest BCUT2D eigenvalue weighted by atomic mass is 32.2. The minimum absolute atomic E-state index is 0.182. The van der Waals surface area contributed by atoms with Crippen molar-refractivity contribution in [2.24, 2.45) is 0 Å². The van der Waals surface area contributed by atoms with Crippen LogP contribution in [0.2, 0.25) is 0 Å². The number of nitrogens with zero attached hydrogens (tertiary/aromatic N) is 1. The normalized spacial score (nSPS) is 11.3. The maximum atomic E-state index is 12.2. The number of anilines is 1. The number of nitrogens with one attached hydrogen (secondary N) is 1. The first-order valence-electron chi connectivity index (χ1n) is 6.90. The SMILES string of the molecule is CS(=O)(=O)c1ccc(C(=O)Nc2cnc3ccccc3c2)cc1. The van der Waals surface area contributed by atoms with Gasteiger partial charge in [0.1, 0.15) is 0 Å². The van der Waals surface area contributed by atoms with Gasteiger partial charge in [-0.25, -0.2) is 8.42 Å². The summed E-state index contributed by atoms with van der Waals surface area (Å²) in [6.07, 6.45) is 2.72. The summed E-state index contributed by atoms with van der Waals surface area (Å²) < 4.78 is 22.8. The first-order chi connectivity index (χ1) is 10.9. The Labute approximate surface area is 133 Å². The van der Waals surface area contributed by atoms with Crippen molar-refractivity contribution in [3.05, 3.63) is 66.4 Å². The molecule has 23 heavy (non-hydrogen) atoms. The van der Waals surface area contributed by atoms with Crippen LogP contribution in [0.4, 0.5) is 5.69 Å². The molecule has 1 aromatic heterocycles. The first kappa shape index (κ1) is 15.2. The van der Waals surface area contributed by atoms with E-state index in [1.54, 1.807) is 6.20 Å². The Morgan fingerprint density at radius 1 is 1.04 bits per heavy atom. The highest BCUT2D eigenvalue weighted by Crippen LogP contribution is 2.17. The number of fused-ring (bicyclic) bond motifs is 1. The molecule has 0 aliphatic heterocycles. The Morgan fingerprint density at radius 2 is 1.74 bits per heavy atom. The molecule has 6 heteroatoms. The molecular weight excluding hydrogens is 312 g/mol. The molecule has 116 valence electrons. The van der Waals surface area contributed by atoms with Crippen LogP contribution >= 0.6 is 0 Å². The molecule has 0 aliphatic carbocycles. The van der Waals surface area contributed by atoms with Crippen molar-refractivity contribution < 1.29 is 13.2 Å². The molecule has 0 bridgehead atoms. The van der Waals surface area contributed by atoms with Crippen molar-refractivity contribution in [2.75, 3.05) is 11.6 Å². The van der Waals surface area contributed by atoms with E-state index in [4.69, 9.17) is 0 Å². The van der Waals surface area contributed by atoms with Gasteiger partial charge in [-0.15, -0.1) is 0 Å². The van der Waals surface area contributed by atoms with Crippen LogP contribution in [0.15, 0.2) is 65.7 Å².